The summed E-state index contributed by atoms with van der Waals surface area (Å²) in [7, 11) is 0. The highest BCUT2D eigenvalue weighted by Crippen LogP contribution is 2.26. The Morgan fingerprint density at radius 2 is 1.47 bits per heavy atom. The first-order valence-electron chi connectivity index (χ1n) is 12.5. The number of carbonyl (C=O) groups excluding carboxylic acids is 3. The Bertz CT molecular complexity index is 781. The Labute approximate surface area is 191 Å². The van der Waals surface area contributed by atoms with E-state index in [0.29, 0.717) is 37.0 Å². The molecule has 6 nitrogen and oxygen atoms in total. The normalized spacial score (nSPS) is 22.8. The summed E-state index contributed by atoms with van der Waals surface area (Å²) in [6, 6.07) is 10.7. The van der Waals surface area contributed by atoms with Crippen LogP contribution in [0.1, 0.15) is 63.4 Å². The van der Waals surface area contributed by atoms with Gasteiger partial charge in [-0.1, -0.05) is 30.3 Å². The second-order valence-corrected chi connectivity index (χ2v) is 9.88. The van der Waals surface area contributed by atoms with Crippen molar-refractivity contribution in [1.82, 2.24) is 15.1 Å². The molecular formula is C26H37N3O3. The van der Waals surface area contributed by atoms with Gasteiger partial charge in [0.25, 0.3) is 0 Å². The largest absolute Gasteiger partial charge is 0.353 e. The number of likely N-dealkylation sites (tertiary alicyclic amines) is 2. The van der Waals surface area contributed by atoms with Gasteiger partial charge in [-0.25, -0.2) is 0 Å². The van der Waals surface area contributed by atoms with E-state index in [1.165, 1.54) is 5.56 Å². The Kier molecular flexibility index (Phi) is 7.82. The first-order valence-corrected chi connectivity index (χ1v) is 12.5. The molecule has 3 aliphatic heterocycles. The quantitative estimate of drug-likeness (QED) is 0.710. The first kappa shape index (κ1) is 22.8. The van der Waals surface area contributed by atoms with Gasteiger partial charge in [-0.2, -0.15) is 0 Å². The lowest BCUT2D eigenvalue weighted by Gasteiger charge is -2.34. The number of nitrogens with zero attached hydrogens (tertiary/aromatic N) is 2. The summed E-state index contributed by atoms with van der Waals surface area (Å²) in [5, 5.41) is 2.88. The maximum absolute atomic E-state index is 12.7. The number of nitrogens with one attached hydrogen (secondary N) is 1. The minimum absolute atomic E-state index is 0.0159. The van der Waals surface area contributed by atoms with Gasteiger partial charge in [0.15, 0.2) is 0 Å². The molecule has 1 unspecified atom stereocenters. The number of rotatable bonds is 7. The minimum Gasteiger partial charge on any atom is -0.353 e. The smallest absolute Gasteiger partial charge is 0.224 e. The molecule has 3 fully saturated rings. The molecule has 1 aromatic carbocycles. The van der Waals surface area contributed by atoms with Gasteiger partial charge >= 0.3 is 0 Å². The Morgan fingerprint density at radius 1 is 0.844 bits per heavy atom. The van der Waals surface area contributed by atoms with E-state index in [0.717, 1.165) is 71.1 Å². The predicted molar refractivity (Wildman–Crippen MR) is 124 cm³/mol. The van der Waals surface area contributed by atoms with Gasteiger partial charge in [-0.15, -0.1) is 0 Å². The second-order valence-electron chi connectivity index (χ2n) is 9.88. The summed E-state index contributed by atoms with van der Waals surface area (Å²) < 4.78 is 0. The van der Waals surface area contributed by atoms with Gasteiger partial charge in [0.05, 0.1) is 0 Å². The molecule has 0 aliphatic carbocycles. The maximum Gasteiger partial charge on any atom is 0.224 e. The van der Waals surface area contributed by atoms with Gasteiger partial charge in [-0.3, -0.25) is 14.4 Å². The van der Waals surface area contributed by atoms with E-state index in [1.54, 1.807) is 0 Å². The monoisotopic (exact) mass is 439 g/mol. The second kappa shape index (κ2) is 11.0. The standard InChI is InChI=1S/C26H37N3O3/c30-24-8-7-23(27-24)19-26(32)29-14-10-20(11-15-29)6-9-25(31)28-16-12-22(13-17-28)18-21-4-2-1-3-5-21/h1-5,20,22-23H,6-19H2,(H,27,30). The van der Waals surface area contributed by atoms with E-state index >= 15 is 0 Å². The van der Waals surface area contributed by atoms with Crippen LogP contribution in [0.2, 0.25) is 0 Å². The molecule has 174 valence electrons. The van der Waals surface area contributed by atoms with Gasteiger partial charge in [0.2, 0.25) is 17.7 Å². The average molecular weight is 440 g/mol. The molecule has 1 atom stereocenters. The SMILES string of the molecule is O=C1CCC(CC(=O)N2CCC(CCC(=O)N3CCC(Cc4ccccc4)CC3)CC2)N1. The number of carbonyl (C=O) groups is 3. The van der Waals surface area contributed by atoms with E-state index in [9.17, 15) is 14.4 Å². The number of hydrogen-bond donors (Lipinski definition) is 1. The molecule has 0 bridgehead atoms. The molecule has 1 N–H and O–H groups in total. The number of piperidine rings is 2. The lowest BCUT2D eigenvalue weighted by atomic mass is 9.89. The molecule has 32 heavy (non-hydrogen) atoms. The molecule has 0 saturated carbocycles. The zero-order valence-electron chi connectivity index (χ0n) is 19.1. The third-order valence-electron chi connectivity index (χ3n) is 7.57. The van der Waals surface area contributed by atoms with Crippen LogP contribution in [0.15, 0.2) is 30.3 Å². The molecule has 1 aromatic rings. The van der Waals surface area contributed by atoms with E-state index in [-0.39, 0.29) is 17.9 Å². The molecule has 0 radical (unpaired) electrons. The van der Waals surface area contributed by atoms with Gasteiger partial charge in [0.1, 0.15) is 0 Å². The number of amides is 3. The van der Waals surface area contributed by atoms with Crippen LogP contribution in [0.5, 0.6) is 0 Å². The molecule has 3 heterocycles. The van der Waals surface area contributed by atoms with Crippen LogP contribution in [0, 0.1) is 11.8 Å². The summed E-state index contributed by atoms with van der Waals surface area (Å²) >= 11 is 0. The lowest BCUT2D eigenvalue weighted by Crippen LogP contribution is -2.42. The summed E-state index contributed by atoms with van der Waals surface area (Å²) in [6.07, 6.45) is 8.59. The fraction of sp³-hybridized carbons (Fsp3) is 0.654. The molecule has 4 rings (SSSR count). The predicted octanol–water partition coefficient (Wildman–Crippen LogP) is 3.16. The lowest BCUT2D eigenvalue weighted by molar-refractivity contribution is -0.135. The van der Waals surface area contributed by atoms with E-state index in [1.807, 2.05) is 4.90 Å². The molecule has 0 spiro atoms. The topological polar surface area (TPSA) is 69.7 Å². The fourth-order valence-corrected chi connectivity index (χ4v) is 5.46. The van der Waals surface area contributed by atoms with Gasteiger partial charge in [-0.05, 0) is 62.3 Å². The Hall–Kier alpha value is -2.37. The van der Waals surface area contributed by atoms with E-state index in [4.69, 9.17) is 0 Å². The van der Waals surface area contributed by atoms with Crippen LogP contribution in [0.25, 0.3) is 0 Å². The average Bonchev–Trinajstić information content (AvgIpc) is 3.23. The van der Waals surface area contributed by atoms with Gasteiger partial charge in [0, 0.05) is 51.5 Å². The Morgan fingerprint density at radius 3 is 2.09 bits per heavy atom. The minimum atomic E-state index is 0.0159. The van der Waals surface area contributed by atoms with Crippen molar-refractivity contribution in [3.8, 4) is 0 Å². The van der Waals surface area contributed by atoms with Crippen LogP contribution < -0.4 is 5.32 Å². The number of hydrogen-bond acceptors (Lipinski definition) is 3. The summed E-state index contributed by atoms with van der Waals surface area (Å²) in [6.45, 7) is 3.34. The van der Waals surface area contributed by atoms with Crippen LogP contribution in [0.3, 0.4) is 0 Å². The van der Waals surface area contributed by atoms with Crippen LogP contribution in [-0.4, -0.2) is 59.7 Å². The van der Waals surface area contributed by atoms with Crippen molar-refractivity contribution < 1.29 is 14.4 Å². The Balaban J connectivity index is 1.11. The fourth-order valence-electron chi connectivity index (χ4n) is 5.46. The van der Waals surface area contributed by atoms with Crippen molar-refractivity contribution >= 4 is 17.7 Å². The van der Waals surface area contributed by atoms with Crippen LogP contribution >= 0.6 is 0 Å². The highest BCUT2D eigenvalue weighted by atomic mass is 16.2. The van der Waals surface area contributed by atoms with Crippen molar-refractivity contribution in [2.75, 3.05) is 26.2 Å². The van der Waals surface area contributed by atoms with Crippen molar-refractivity contribution in [3.05, 3.63) is 35.9 Å². The summed E-state index contributed by atoms with van der Waals surface area (Å²) in [5.41, 5.74) is 1.40. The maximum atomic E-state index is 12.7. The van der Waals surface area contributed by atoms with Crippen LogP contribution in [-0.2, 0) is 20.8 Å². The third-order valence-corrected chi connectivity index (χ3v) is 7.57. The van der Waals surface area contributed by atoms with Crippen molar-refractivity contribution in [2.45, 2.75) is 70.3 Å². The first-order chi connectivity index (χ1) is 15.6. The van der Waals surface area contributed by atoms with Gasteiger partial charge < -0.3 is 15.1 Å². The zero-order chi connectivity index (χ0) is 22.3. The molecular weight excluding hydrogens is 402 g/mol. The molecule has 6 heteroatoms. The van der Waals surface area contributed by atoms with E-state index < -0.39 is 0 Å². The van der Waals surface area contributed by atoms with Crippen molar-refractivity contribution in [3.63, 3.8) is 0 Å². The molecule has 0 aromatic heterocycles. The highest BCUT2D eigenvalue weighted by molar-refractivity contribution is 5.82. The highest BCUT2D eigenvalue weighted by Gasteiger charge is 2.29. The van der Waals surface area contributed by atoms with E-state index in [2.05, 4.69) is 40.5 Å². The van der Waals surface area contributed by atoms with Crippen LogP contribution in [0.4, 0.5) is 0 Å². The summed E-state index contributed by atoms with van der Waals surface area (Å²) in [5.74, 6) is 1.74. The van der Waals surface area contributed by atoms with Crippen molar-refractivity contribution in [2.24, 2.45) is 11.8 Å². The summed E-state index contributed by atoms with van der Waals surface area (Å²) in [4.78, 5) is 40.5. The molecule has 3 amide bonds. The number of benzene rings is 1. The molecule has 3 saturated heterocycles. The third kappa shape index (κ3) is 6.33. The molecule has 3 aliphatic rings. The van der Waals surface area contributed by atoms with Crippen molar-refractivity contribution in [1.29, 1.82) is 0 Å². The zero-order valence-corrected chi connectivity index (χ0v) is 19.1.